The summed E-state index contributed by atoms with van der Waals surface area (Å²) in [6.07, 6.45) is 3.18. The third-order valence-corrected chi connectivity index (χ3v) is 2.84. The average Bonchev–Trinajstić information content (AvgIpc) is 2.25. The molecule has 0 unspecified atom stereocenters. The maximum Gasteiger partial charge on any atom is 0.143 e. The maximum atomic E-state index is 11.3. The van der Waals surface area contributed by atoms with Gasteiger partial charge in [0, 0.05) is 11.3 Å². The number of rotatable bonds is 6. The van der Waals surface area contributed by atoms with Crippen molar-refractivity contribution in [3.63, 3.8) is 0 Å². The van der Waals surface area contributed by atoms with Crippen molar-refractivity contribution >= 4 is 17.5 Å². The molecule has 0 aliphatic rings. The number of benzene rings is 1. The van der Waals surface area contributed by atoms with Gasteiger partial charge in [0.25, 0.3) is 0 Å². The second-order valence-corrected chi connectivity index (χ2v) is 4.02. The Bertz CT molecular complexity index is 292. The van der Waals surface area contributed by atoms with Crippen molar-refractivity contribution < 1.29 is 4.79 Å². The van der Waals surface area contributed by atoms with Crippen molar-refractivity contribution in [3.05, 3.63) is 43.0 Å². The predicted molar refractivity (Wildman–Crippen MR) is 61.6 cm³/mol. The highest BCUT2D eigenvalue weighted by atomic mass is 32.2. The molecule has 0 heterocycles. The molecule has 0 radical (unpaired) electrons. The van der Waals surface area contributed by atoms with Crippen LogP contribution >= 0.6 is 11.8 Å². The van der Waals surface area contributed by atoms with Crippen LogP contribution in [0.2, 0.25) is 0 Å². The van der Waals surface area contributed by atoms with Gasteiger partial charge in [-0.2, -0.15) is 0 Å². The van der Waals surface area contributed by atoms with E-state index in [2.05, 4.69) is 6.58 Å². The van der Waals surface area contributed by atoms with Crippen molar-refractivity contribution in [1.29, 1.82) is 0 Å². The Balaban J connectivity index is 2.27. The maximum absolute atomic E-state index is 11.3. The van der Waals surface area contributed by atoms with E-state index in [-0.39, 0.29) is 0 Å². The third-order valence-electron chi connectivity index (χ3n) is 1.77. The Morgan fingerprint density at radius 1 is 1.36 bits per heavy atom. The molecule has 2 heteroatoms. The smallest absolute Gasteiger partial charge is 0.143 e. The number of ketones is 1. The number of carbonyl (C=O) groups excluding carboxylic acids is 1. The summed E-state index contributed by atoms with van der Waals surface area (Å²) in [7, 11) is 0. The van der Waals surface area contributed by atoms with Crippen molar-refractivity contribution in [1.82, 2.24) is 0 Å². The van der Waals surface area contributed by atoms with Gasteiger partial charge in [-0.05, 0) is 18.6 Å². The van der Waals surface area contributed by atoms with Gasteiger partial charge in [0.2, 0.25) is 0 Å². The molecular weight excluding hydrogens is 192 g/mol. The van der Waals surface area contributed by atoms with Gasteiger partial charge in [0.15, 0.2) is 0 Å². The van der Waals surface area contributed by atoms with Gasteiger partial charge in [0.05, 0.1) is 5.75 Å². The first-order chi connectivity index (χ1) is 6.83. The number of hydrogen-bond acceptors (Lipinski definition) is 2. The highest BCUT2D eigenvalue weighted by Gasteiger charge is 2.01. The van der Waals surface area contributed by atoms with Crippen LogP contribution in [-0.2, 0) is 4.79 Å². The molecule has 0 aliphatic carbocycles. The molecule has 0 amide bonds. The number of allylic oxidation sites excluding steroid dienone is 1. The fourth-order valence-corrected chi connectivity index (χ4v) is 1.84. The van der Waals surface area contributed by atoms with Gasteiger partial charge in [-0.25, -0.2) is 0 Å². The summed E-state index contributed by atoms with van der Waals surface area (Å²) in [5.41, 5.74) is 0. The molecule has 0 saturated carbocycles. The van der Waals surface area contributed by atoms with Crippen molar-refractivity contribution in [2.45, 2.75) is 17.7 Å². The highest BCUT2D eigenvalue weighted by molar-refractivity contribution is 8.00. The minimum atomic E-state index is 0.291. The lowest BCUT2D eigenvalue weighted by Crippen LogP contribution is -1.99. The van der Waals surface area contributed by atoms with E-state index in [0.29, 0.717) is 18.0 Å². The van der Waals surface area contributed by atoms with Crippen molar-refractivity contribution in [2.24, 2.45) is 0 Å². The second kappa shape index (κ2) is 6.44. The molecule has 0 N–H and O–H groups in total. The van der Waals surface area contributed by atoms with Crippen LogP contribution in [0.1, 0.15) is 12.8 Å². The molecule has 0 bridgehead atoms. The van der Waals surface area contributed by atoms with Crippen LogP contribution in [0.15, 0.2) is 47.9 Å². The van der Waals surface area contributed by atoms with Gasteiger partial charge in [-0.15, -0.1) is 18.3 Å². The average molecular weight is 206 g/mol. The summed E-state index contributed by atoms with van der Waals surface area (Å²) in [6.45, 7) is 3.59. The van der Waals surface area contributed by atoms with Gasteiger partial charge in [-0.3, -0.25) is 4.79 Å². The van der Waals surface area contributed by atoms with Crippen LogP contribution in [0.4, 0.5) is 0 Å². The van der Waals surface area contributed by atoms with Gasteiger partial charge in [0.1, 0.15) is 5.78 Å². The van der Waals surface area contributed by atoms with Gasteiger partial charge < -0.3 is 0 Å². The van der Waals surface area contributed by atoms with Crippen LogP contribution < -0.4 is 0 Å². The first kappa shape index (κ1) is 11.1. The molecule has 1 rings (SSSR count). The van der Waals surface area contributed by atoms with E-state index < -0.39 is 0 Å². The third kappa shape index (κ3) is 4.28. The van der Waals surface area contributed by atoms with E-state index in [1.807, 2.05) is 30.3 Å². The monoisotopic (exact) mass is 206 g/mol. The molecule has 1 nitrogen and oxygen atoms in total. The highest BCUT2D eigenvalue weighted by Crippen LogP contribution is 2.17. The quantitative estimate of drug-likeness (QED) is 0.524. The minimum absolute atomic E-state index is 0.291. The standard InChI is InChI=1S/C12H14OS/c1-2-3-7-11(13)10-14-12-8-5-4-6-9-12/h2,4-6,8-9H,1,3,7,10H2. The van der Waals surface area contributed by atoms with Gasteiger partial charge in [-0.1, -0.05) is 24.3 Å². The Hall–Kier alpha value is -1.02. The molecule has 0 atom stereocenters. The zero-order valence-corrected chi connectivity index (χ0v) is 8.93. The molecule has 1 aromatic rings. The molecule has 0 aromatic heterocycles. The molecule has 0 saturated heterocycles. The fourth-order valence-electron chi connectivity index (χ4n) is 1.02. The van der Waals surface area contributed by atoms with E-state index in [1.54, 1.807) is 17.8 Å². The van der Waals surface area contributed by atoms with E-state index >= 15 is 0 Å². The lowest BCUT2D eigenvalue weighted by atomic mass is 10.2. The van der Waals surface area contributed by atoms with E-state index in [9.17, 15) is 4.79 Å². The first-order valence-corrected chi connectivity index (χ1v) is 5.62. The topological polar surface area (TPSA) is 17.1 Å². The predicted octanol–water partition coefficient (Wildman–Crippen LogP) is 3.31. The van der Waals surface area contributed by atoms with E-state index in [1.165, 1.54) is 0 Å². The van der Waals surface area contributed by atoms with Crippen LogP contribution in [0, 0.1) is 0 Å². The van der Waals surface area contributed by atoms with Crippen molar-refractivity contribution in [3.8, 4) is 0 Å². The zero-order chi connectivity index (χ0) is 10.2. The van der Waals surface area contributed by atoms with Crippen LogP contribution in [0.5, 0.6) is 0 Å². The van der Waals surface area contributed by atoms with E-state index in [4.69, 9.17) is 0 Å². The fraction of sp³-hybridized carbons (Fsp3) is 0.250. The Kier molecular flexibility index (Phi) is 5.08. The van der Waals surface area contributed by atoms with Crippen molar-refractivity contribution in [2.75, 3.05) is 5.75 Å². The van der Waals surface area contributed by atoms with E-state index in [0.717, 1.165) is 11.3 Å². The normalized spacial score (nSPS) is 9.71. The Labute approximate surface area is 89.2 Å². The number of Topliss-reactive ketones (excluding diaryl/α,β-unsaturated/α-hetero) is 1. The van der Waals surface area contributed by atoms with Gasteiger partial charge >= 0.3 is 0 Å². The Morgan fingerprint density at radius 2 is 2.07 bits per heavy atom. The minimum Gasteiger partial charge on any atom is -0.299 e. The number of hydrogen-bond donors (Lipinski definition) is 0. The molecule has 0 fully saturated rings. The molecule has 1 aromatic carbocycles. The molecule has 0 spiro atoms. The summed E-state index contributed by atoms with van der Waals surface area (Å²) in [4.78, 5) is 12.5. The summed E-state index contributed by atoms with van der Waals surface area (Å²) in [6, 6.07) is 9.98. The second-order valence-electron chi connectivity index (χ2n) is 2.97. The molecule has 0 aliphatic heterocycles. The molecular formula is C12H14OS. The van der Waals surface area contributed by atoms with Crippen LogP contribution in [-0.4, -0.2) is 11.5 Å². The lowest BCUT2D eigenvalue weighted by Gasteiger charge is -1.99. The largest absolute Gasteiger partial charge is 0.299 e. The lowest BCUT2D eigenvalue weighted by molar-refractivity contribution is -0.116. The summed E-state index contributed by atoms with van der Waals surface area (Å²) in [5.74, 6) is 0.858. The summed E-state index contributed by atoms with van der Waals surface area (Å²) in [5, 5.41) is 0. The summed E-state index contributed by atoms with van der Waals surface area (Å²) >= 11 is 1.60. The Morgan fingerprint density at radius 3 is 2.71 bits per heavy atom. The SMILES string of the molecule is C=CCCC(=O)CSc1ccccc1. The number of carbonyl (C=O) groups is 1. The van der Waals surface area contributed by atoms with Crippen LogP contribution in [0.25, 0.3) is 0 Å². The summed E-state index contributed by atoms with van der Waals surface area (Å²) < 4.78 is 0. The molecule has 14 heavy (non-hydrogen) atoms. The number of thioether (sulfide) groups is 1. The molecule has 74 valence electrons. The van der Waals surface area contributed by atoms with Crippen LogP contribution in [0.3, 0.4) is 0 Å². The zero-order valence-electron chi connectivity index (χ0n) is 8.11. The first-order valence-electron chi connectivity index (χ1n) is 4.63.